The Morgan fingerprint density at radius 2 is 2.19 bits per heavy atom. The smallest absolute Gasteiger partial charge is 0.224 e. The van der Waals surface area contributed by atoms with Gasteiger partial charge in [-0.15, -0.1) is 0 Å². The van der Waals surface area contributed by atoms with Crippen LogP contribution >= 0.6 is 11.3 Å². The number of ether oxygens (including phenoxy) is 1. The fourth-order valence-corrected chi connectivity index (χ4v) is 3.18. The van der Waals surface area contributed by atoms with Gasteiger partial charge in [0, 0.05) is 23.7 Å². The van der Waals surface area contributed by atoms with Gasteiger partial charge < -0.3 is 15.8 Å². The Kier molecular flexibility index (Phi) is 3.94. The zero-order valence-corrected chi connectivity index (χ0v) is 12.7. The molecule has 0 aliphatic carbocycles. The van der Waals surface area contributed by atoms with Crippen molar-refractivity contribution >= 4 is 22.9 Å². The zero-order valence-electron chi connectivity index (χ0n) is 11.8. The Labute approximate surface area is 127 Å². The number of anilines is 1. The van der Waals surface area contributed by atoms with Gasteiger partial charge in [-0.05, 0) is 53.9 Å². The number of carbonyl (C=O) groups excluding carboxylic acids is 1. The van der Waals surface area contributed by atoms with Crippen LogP contribution in [0.2, 0.25) is 0 Å². The van der Waals surface area contributed by atoms with Crippen molar-refractivity contribution in [1.29, 1.82) is 0 Å². The number of thiophene rings is 1. The number of aryl methyl sites for hydroxylation is 1. The molecule has 1 aromatic heterocycles. The fraction of sp³-hybridized carbons (Fsp3) is 0.312. The van der Waals surface area contributed by atoms with E-state index in [1.807, 2.05) is 36.6 Å². The largest absolute Gasteiger partial charge is 0.484 e. The van der Waals surface area contributed by atoms with Gasteiger partial charge >= 0.3 is 0 Å². The van der Waals surface area contributed by atoms with Gasteiger partial charge in [0.15, 0.2) is 0 Å². The van der Waals surface area contributed by atoms with Crippen molar-refractivity contribution in [2.75, 3.05) is 5.32 Å². The highest BCUT2D eigenvalue weighted by atomic mass is 32.1. The molecular formula is C16H18N2O2S. The molecule has 21 heavy (non-hydrogen) atoms. The average molecular weight is 302 g/mol. The predicted octanol–water partition coefficient (Wildman–Crippen LogP) is 3.10. The van der Waals surface area contributed by atoms with Crippen LogP contribution in [0.3, 0.4) is 0 Å². The van der Waals surface area contributed by atoms with Gasteiger partial charge in [0.05, 0.1) is 0 Å². The van der Waals surface area contributed by atoms with E-state index in [9.17, 15) is 4.79 Å². The van der Waals surface area contributed by atoms with Crippen molar-refractivity contribution in [3.8, 4) is 5.75 Å². The Morgan fingerprint density at radius 3 is 2.90 bits per heavy atom. The minimum atomic E-state index is -0.160. The van der Waals surface area contributed by atoms with Crippen LogP contribution in [0.15, 0.2) is 35.0 Å². The van der Waals surface area contributed by atoms with Crippen LogP contribution in [0.25, 0.3) is 0 Å². The minimum Gasteiger partial charge on any atom is -0.484 e. The summed E-state index contributed by atoms with van der Waals surface area (Å²) in [5.41, 5.74) is 9.15. The quantitative estimate of drug-likeness (QED) is 0.912. The van der Waals surface area contributed by atoms with Gasteiger partial charge in [-0.1, -0.05) is 0 Å². The number of fused-ring (bicyclic) bond motifs is 1. The fourth-order valence-electron chi connectivity index (χ4n) is 2.50. The molecule has 1 aliphatic rings. The molecule has 2 unspecified atom stereocenters. The summed E-state index contributed by atoms with van der Waals surface area (Å²) >= 11 is 1.64. The first kappa shape index (κ1) is 14.1. The van der Waals surface area contributed by atoms with Crippen molar-refractivity contribution in [2.45, 2.75) is 31.9 Å². The van der Waals surface area contributed by atoms with E-state index < -0.39 is 0 Å². The molecule has 1 aromatic carbocycles. The molecule has 0 bridgehead atoms. The maximum atomic E-state index is 11.4. The van der Waals surface area contributed by atoms with E-state index in [1.54, 1.807) is 11.3 Å². The molecular weight excluding hydrogens is 284 g/mol. The highest BCUT2D eigenvalue weighted by Gasteiger charge is 2.20. The molecule has 1 amide bonds. The number of nitrogens with two attached hydrogens (primary N) is 1. The monoisotopic (exact) mass is 302 g/mol. The van der Waals surface area contributed by atoms with Crippen molar-refractivity contribution < 1.29 is 9.53 Å². The summed E-state index contributed by atoms with van der Waals surface area (Å²) in [6.07, 6.45) is 1.12. The lowest BCUT2D eigenvalue weighted by molar-refractivity contribution is -0.116. The number of hydrogen-bond donors (Lipinski definition) is 2. The highest BCUT2D eigenvalue weighted by molar-refractivity contribution is 7.07. The molecule has 3 rings (SSSR count). The Hall–Kier alpha value is -1.85. The average Bonchev–Trinajstić information content (AvgIpc) is 2.98. The summed E-state index contributed by atoms with van der Waals surface area (Å²) in [7, 11) is 0. The van der Waals surface area contributed by atoms with Gasteiger partial charge in [0.2, 0.25) is 5.91 Å². The van der Waals surface area contributed by atoms with Crippen LogP contribution in [-0.4, -0.2) is 11.9 Å². The molecule has 4 nitrogen and oxygen atoms in total. The van der Waals surface area contributed by atoms with E-state index >= 15 is 0 Å². The second-order valence-electron chi connectivity index (χ2n) is 5.32. The van der Waals surface area contributed by atoms with Gasteiger partial charge in [-0.2, -0.15) is 11.3 Å². The summed E-state index contributed by atoms with van der Waals surface area (Å²) < 4.78 is 6.08. The summed E-state index contributed by atoms with van der Waals surface area (Å²) in [6.45, 7) is 1.95. The molecule has 0 radical (unpaired) electrons. The lowest BCUT2D eigenvalue weighted by Gasteiger charge is -2.23. The second-order valence-corrected chi connectivity index (χ2v) is 6.10. The second kappa shape index (κ2) is 5.87. The molecule has 5 heteroatoms. The maximum absolute atomic E-state index is 11.4. The summed E-state index contributed by atoms with van der Waals surface area (Å²) in [4.78, 5) is 11.4. The molecule has 0 fully saturated rings. The minimum absolute atomic E-state index is 0.0721. The van der Waals surface area contributed by atoms with E-state index in [2.05, 4.69) is 10.7 Å². The number of rotatable bonds is 4. The molecule has 2 aromatic rings. The van der Waals surface area contributed by atoms with Gasteiger partial charge in [0.25, 0.3) is 0 Å². The normalized spacial score (nSPS) is 16.8. The van der Waals surface area contributed by atoms with Crippen molar-refractivity contribution in [1.82, 2.24) is 0 Å². The molecule has 0 saturated heterocycles. The van der Waals surface area contributed by atoms with Crippen LogP contribution < -0.4 is 15.8 Å². The number of benzene rings is 1. The first-order valence-corrected chi connectivity index (χ1v) is 7.95. The molecule has 2 atom stereocenters. The molecule has 110 valence electrons. The van der Waals surface area contributed by atoms with Crippen LogP contribution in [0, 0.1) is 0 Å². The lowest BCUT2D eigenvalue weighted by atomic mass is 10.0. The first-order valence-electron chi connectivity index (χ1n) is 7.00. The Morgan fingerprint density at radius 1 is 1.33 bits per heavy atom. The molecule has 1 aliphatic heterocycles. The number of nitrogens with one attached hydrogen (secondary N) is 1. The van der Waals surface area contributed by atoms with E-state index in [0.717, 1.165) is 29.0 Å². The van der Waals surface area contributed by atoms with E-state index in [-0.39, 0.29) is 18.1 Å². The zero-order chi connectivity index (χ0) is 14.8. The number of amides is 1. The standard InChI is InChI=1S/C16H18N2O2S/c1-10(17)16(12-6-7-21-9-12)20-13-3-4-14-11(8-13)2-5-15(19)18-14/h3-4,6-10,16H,2,5,17H2,1H3,(H,18,19). The van der Waals surface area contributed by atoms with Crippen LogP contribution in [0.5, 0.6) is 5.75 Å². The highest BCUT2D eigenvalue weighted by Crippen LogP contribution is 2.31. The van der Waals surface area contributed by atoms with Gasteiger partial charge in [-0.3, -0.25) is 4.79 Å². The van der Waals surface area contributed by atoms with Crippen molar-refractivity contribution in [2.24, 2.45) is 5.73 Å². The molecule has 0 spiro atoms. The van der Waals surface area contributed by atoms with Crippen LogP contribution in [-0.2, 0) is 11.2 Å². The Balaban J connectivity index is 1.82. The third-order valence-corrected chi connectivity index (χ3v) is 4.29. The molecule has 0 saturated carbocycles. The van der Waals surface area contributed by atoms with Crippen LogP contribution in [0.4, 0.5) is 5.69 Å². The predicted molar refractivity (Wildman–Crippen MR) is 84.7 cm³/mol. The lowest BCUT2D eigenvalue weighted by Crippen LogP contribution is -2.28. The topological polar surface area (TPSA) is 64.3 Å². The molecule has 3 N–H and O–H groups in total. The van der Waals surface area contributed by atoms with Crippen LogP contribution in [0.1, 0.15) is 30.6 Å². The third-order valence-electron chi connectivity index (χ3n) is 3.58. The summed E-state index contributed by atoms with van der Waals surface area (Å²) in [5, 5.41) is 6.96. The molecule has 2 heterocycles. The number of hydrogen-bond acceptors (Lipinski definition) is 4. The van der Waals surface area contributed by atoms with Gasteiger partial charge in [0.1, 0.15) is 11.9 Å². The maximum Gasteiger partial charge on any atom is 0.224 e. The summed E-state index contributed by atoms with van der Waals surface area (Å²) in [5.74, 6) is 0.862. The number of carbonyl (C=O) groups is 1. The van der Waals surface area contributed by atoms with E-state index in [1.165, 1.54) is 0 Å². The SMILES string of the molecule is CC(N)C(Oc1ccc2c(c1)CCC(=O)N2)c1ccsc1. The first-order chi connectivity index (χ1) is 10.1. The van der Waals surface area contributed by atoms with Crippen molar-refractivity contribution in [3.63, 3.8) is 0 Å². The Bertz CT molecular complexity index is 638. The van der Waals surface area contributed by atoms with Crippen molar-refractivity contribution in [3.05, 3.63) is 46.2 Å². The van der Waals surface area contributed by atoms with E-state index in [0.29, 0.717) is 6.42 Å². The van der Waals surface area contributed by atoms with Gasteiger partial charge in [-0.25, -0.2) is 0 Å². The van der Waals surface area contributed by atoms with E-state index in [4.69, 9.17) is 10.5 Å². The third kappa shape index (κ3) is 3.09. The summed E-state index contributed by atoms with van der Waals surface area (Å²) in [6, 6.07) is 7.71.